The second-order valence-electron chi connectivity index (χ2n) is 9.15. The molecule has 3 aromatic rings. The highest BCUT2D eigenvalue weighted by molar-refractivity contribution is 5.94. The van der Waals surface area contributed by atoms with E-state index in [-0.39, 0.29) is 11.7 Å². The summed E-state index contributed by atoms with van der Waals surface area (Å²) in [5, 5.41) is 4.38. The van der Waals surface area contributed by atoms with E-state index in [0.717, 1.165) is 43.9 Å². The molecule has 9 nitrogen and oxygen atoms in total. The number of aryl methyl sites for hydroxylation is 1. The van der Waals surface area contributed by atoms with Gasteiger partial charge in [-0.15, -0.1) is 0 Å². The molecule has 172 valence electrons. The molecule has 1 fully saturated rings. The van der Waals surface area contributed by atoms with Crippen molar-refractivity contribution in [3.05, 3.63) is 53.0 Å². The Morgan fingerprint density at radius 3 is 2.61 bits per heavy atom. The van der Waals surface area contributed by atoms with Crippen molar-refractivity contribution < 1.29 is 4.79 Å². The maximum absolute atomic E-state index is 12.9. The van der Waals surface area contributed by atoms with Crippen molar-refractivity contribution in [1.29, 1.82) is 0 Å². The van der Waals surface area contributed by atoms with Gasteiger partial charge in [-0.05, 0) is 56.3 Å². The number of likely N-dealkylation sites (N-methyl/N-ethyl adjacent to an activating group) is 2. The molecule has 1 aromatic carbocycles. The number of nitrogens with two attached hydrogens (primary N) is 1. The average molecular weight is 447 g/mol. The van der Waals surface area contributed by atoms with Gasteiger partial charge in [-0.3, -0.25) is 4.79 Å². The number of hydrogen-bond acceptors (Lipinski definition) is 7. The molecular weight excluding hydrogens is 416 g/mol. The smallest absolute Gasteiger partial charge is 0.257 e. The van der Waals surface area contributed by atoms with Crippen LogP contribution in [0.5, 0.6) is 0 Å². The molecule has 0 atom stereocenters. The predicted octanol–water partition coefficient (Wildman–Crippen LogP) is 1.60. The van der Waals surface area contributed by atoms with Gasteiger partial charge in [0.1, 0.15) is 0 Å². The highest BCUT2D eigenvalue weighted by atomic mass is 16.2. The first-order valence-corrected chi connectivity index (χ1v) is 11.4. The number of fused-ring (bicyclic) bond motifs is 1. The molecular formula is C24H30N8O. The van der Waals surface area contributed by atoms with Crippen molar-refractivity contribution in [2.45, 2.75) is 19.9 Å². The highest BCUT2D eigenvalue weighted by Gasteiger charge is 2.23. The van der Waals surface area contributed by atoms with Crippen molar-refractivity contribution in [1.82, 2.24) is 34.4 Å². The molecule has 0 spiro atoms. The molecule has 5 rings (SSSR count). The standard InChI is InChI=1S/C24H30N8O/c1-16-10-17(11-18-14-30(3)5-4-20(16)18)21-13-26-22(25)23(28-21)32-15-19(12-27-32)24(33)31-8-6-29(2)7-9-31/h10-13,15H,4-9,14H2,1-3H3,(H2,25,26). The fourth-order valence-electron chi connectivity index (χ4n) is 4.65. The van der Waals surface area contributed by atoms with E-state index in [2.05, 4.69) is 53.0 Å². The average Bonchev–Trinajstić information content (AvgIpc) is 3.29. The molecule has 2 aliphatic rings. The summed E-state index contributed by atoms with van der Waals surface area (Å²) >= 11 is 0. The topological polar surface area (TPSA) is 96.4 Å². The third-order valence-corrected chi connectivity index (χ3v) is 6.66. The quantitative estimate of drug-likeness (QED) is 0.653. The first-order valence-electron chi connectivity index (χ1n) is 11.4. The Bertz CT molecular complexity index is 1200. The fourth-order valence-corrected chi connectivity index (χ4v) is 4.65. The van der Waals surface area contributed by atoms with Gasteiger partial charge in [0.25, 0.3) is 5.91 Å². The molecule has 2 aromatic heterocycles. The first kappa shape index (κ1) is 21.5. The molecule has 0 radical (unpaired) electrons. The molecule has 2 aliphatic heterocycles. The lowest BCUT2D eigenvalue weighted by molar-refractivity contribution is 0.0664. The number of piperazine rings is 1. The summed E-state index contributed by atoms with van der Waals surface area (Å²) < 4.78 is 1.55. The van der Waals surface area contributed by atoms with Crippen LogP contribution in [0.25, 0.3) is 17.1 Å². The summed E-state index contributed by atoms with van der Waals surface area (Å²) in [4.78, 5) is 28.5. The monoisotopic (exact) mass is 446 g/mol. The maximum Gasteiger partial charge on any atom is 0.257 e. The van der Waals surface area contributed by atoms with E-state index < -0.39 is 0 Å². The Morgan fingerprint density at radius 2 is 1.82 bits per heavy atom. The minimum absolute atomic E-state index is 0.0218. The van der Waals surface area contributed by atoms with Crippen molar-refractivity contribution in [2.75, 3.05) is 52.6 Å². The van der Waals surface area contributed by atoms with Crippen molar-refractivity contribution in [3.8, 4) is 17.1 Å². The van der Waals surface area contributed by atoms with Crippen LogP contribution in [0.4, 0.5) is 5.82 Å². The van der Waals surface area contributed by atoms with E-state index in [0.29, 0.717) is 24.5 Å². The van der Waals surface area contributed by atoms with Gasteiger partial charge in [0.05, 0.1) is 23.7 Å². The van der Waals surface area contributed by atoms with E-state index in [9.17, 15) is 4.79 Å². The van der Waals surface area contributed by atoms with Gasteiger partial charge in [0.15, 0.2) is 11.6 Å². The Labute approximate surface area is 193 Å². The second kappa shape index (κ2) is 8.57. The Kier molecular flexibility index (Phi) is 5.59. The minimum atomic E-state index is -0.0218. The first-order chi connectivity index (χ1) is 15.9. The number of hydrogen-bond donors (Lipinski definition) is 1. The number of benzene rings is 1. The number of nitrogens with zero attached hydrogens (tertiary/aromatic N) is 7. The minimum Gasteiger partial charge on any atom is -0.381 e. The lowest BCUT2D eigenvalue weighted by Crippen LogP contribution is -2.47. The lowest BCUT2D eigenvalue weighted by atomic mass is 9.92. The number of carbonyl (C=O) groups excluding carboxylic acids is 1. The van der Waals surface area contributed by atoms with Crippen molar-refractivity contribution in [3.63, 3.8) is 0 Å². The van der Waals surface area contributed by atoms with Crippen LogP contribution in [-0.2, 0) is 13.0 Å². The van der Waals surface area contributed by atoms with Gasteiger partial charge < -0.3 is 20.4 Å². The second-order valence-corrected chi connectivity index (χ2v) is 9.15. The predicted molar refractivity (Wildman–Crippen MR) is 127 cm³/mol. The zero-order valence-corrected chi connectivity index (χ0v) is 19.5. The number of amides is 1. The van der Waals surface area contributed by atoms with Crippen LogP contribution in [0.15, 0.2) is 30.7 Å². The molecule has 0 bridgehead atoms. The molecule has 4 heterocycles. The van der Waals surface area contributed by atoms with Gasteiger partial charge in [0.2, 0.25) is 0 Å². The van der Waals surface area contributed by atoms with Crippen LogP contribution in [0.2, 0.25) is 0 Å². The molecule has 2 N–H and O–H groups in total. The van der Waals surface area contributed by atoms with Crippen LogP contribution in [0.1, 0.15) is 27.0 Å². The van der Waals surface area contributed by atoms with E-state index in [1.165, 1.54) is 16.7 Å². The maximum atomic E-state index is 12.9. The summed E-state index contributed by atoms with van der Waals surface area (Å²) in [7, 11) is 4.21. The number of rotatable bonds is 3. The van der Waals surface area contributed by atoms with Crippen LogP contribution in [0, 0.1) is 6.92 Å². The fraction of sp³-hybridized carbons (Fsp3) is 0.417. The number of anilines is 1. The molecule has 0 aliphatic carbocycles. The summed E-state index contributed by atoms with van der Waals surface area (Å²) in [6, 6.07) is 4.37. The third kappa shape index (κ3) is 4.21. The van der Waals surface area contributed by atoms with E-state index in [4.69, 9.17) is 10.7 Å². The van der Waals surface area contributed by atoms with Crippen LogP contribution < -0.4 is 5.73 Å². The largest absolute Gasteiger partial charge is 0.381 e. The van der Waals surface area contributed by atoms with Gasteiger partial charge in [-0.25, -0.2) is 14.6 Å². The normalized spacial score (nSPS) is 17.2. The number of carbonyl (C=O) groups is 1. The highest BCUT2D eigenvalue weighted by Crippen LogP contribution is 2.29. The molecule has 1 amide bonds. The molecule has 0 unspecified atom stereocenters. The summed E-state index contributed by atoms with van der Waals surface area (Å²) in [6.45, 7) is 7.33. The summed E-state index contributed by atoms with van der Waals surface area (Å²) in [5.41, 5.74) is 12.5. The van der Waals surface area contributed by atoms with Crippen molar-refractivity contribution >= 4 is 11.7 Å². The van der Waals surface area contributed by atoms with Gasteiger partial charge in [-0.2, -0.15) is 5.10 Å². The summed E-state index contributed by atoms with van der Waals surface area (Å²) in [6.07, 6.45) is 6.03. The van der Waals surface area contributed by atoms with E-state index in [1.54, 1.807) is 23.3 Å². The van der Waals surface area contributed by atoms with E-state index in [1.807, 2.05) is 4.90 Å². The number of nitrogen functional groups attached to an aromatic ring is 1. The van der Waals surface area contributed by atoms with Gasteiger partial charge in [-0.1, -0.05) is 0 Å². The zero-order valence-electron chi connectivity index (χ0n) is 19.5. The van der Waals surface area contributed by atoms with Gasteiger partial charge >= 0.3 is 0 Å². The zero-order chi connectivity index (χ0) is 23.1. The molecule has 33 heavy (non-hydrogen) atoms. The van der Waals surface area contributed by atoms with E-state index >= 15 is 0 Å². The molecule has 9 heteroatoms. The Hall–Kier alpha value is -3.30. The van der Waals surface area contributed by atoms with Gasteiger partial charge in [0, 0.05) is 51.0 Å². The molecule has 1 saturated heterocycles. The van der Waals surface area contributed by atoms with Crippen LogP contribution in [-0.4, -0.2) is 87.2 Å². The Morgan fingerprint density at radius 1 is 1.03 bits per heavy atom. The van der Waals surface area contributed by atoms with Crippen LogP contribution >= 0.6 is 0 Å². The van der Waals surface area contributed by atoms with Crippen molar-refractivity contribution in [2.24, 2.45) is 0 Å². The SMILES string of the molecule is Cc1cc(-c2cnc(N)c(-n3cc(C(=O)N4CCN(C)CC4)cn3)n2)cc2c1CCN(C)C2. The third-order valence-electron chi connectivity index (χ3n) is 6.66. The Balaban J connectivity index is 1.44. The number of aromatic nitrogens is 4. The lowest BCUT2D eigenvalue weighted by Gasteiger charge is -2.32. The van der Waals surface area contributed by atoms with Crippen LogP contribution in [0.3, 0.4) is 0 Å². The molecule has 0 saturated carbocycles. The summed E-state index contributed by atoms with van der Waals surface area (Å²) in [5.74, 6) is 0.679.